The van der Waals surface area contributed by atoms with E-state index in [1.54, 1.807) is 0 Å². The summed E-state index contributed by atoms with van der Waals surface area (Å²) in [7, 11) is 0. The molecular weight excluding hydrogens is 503 g/mol. The molecule has 1 aliphatic rings. The summed E-state index contributed by atoms with van der Waals surface area (Å²) in [5.41, 5.74) is 12.5. The van der Waals surface area contributed by atoms with Crippen LogP contribution >= 0.6 is 37.2 Å². The van der Waals surface area contributed by atoms with Crippen LogP contribution in [-0.4, -0.2) is 28.1 Å². The van der Waals surface area contributed by atoms with Crippen molar-refractivity contribution in [3.05, 3.63) is 83.8 Å². The zero-order chi connectivity index (χ0) is 21.8. The molecule has 0 spiro atoms. The predicted octanol–water partition coefficient (Wildman–Crippen LogP) is 6.46. The van der Waals surface area contributed by atoms with Gasteiger partial charge in [-0.05, 0) is 74.0 Å². The summed E-state index contributed by atoms with van der Waals surface area (Å²) in [6, 6.07) is 20.8. The minimum absolute atomic E-state index is 0. The van der Waals surface area contributed by atoms with Crippen molar-refractivity contribution >= 4 is 48.2 Å². The van der Waals surface area contributed by atoms with E-state index in [4.69, 9.17) is 10.3 Å². The average Bonchev–Trinajstić information content (AvgIpc) is 3.27. The first-order valence-electron chi connectivity index (χ1n) is 11.6. The Morgan fingerprint density at radius 2 is 1.66 bits per heavy atom. The fourth-order valence-corrected chi connectivity index (χ4v) is 4.88. The Morgan fingerprint density at radius 1 is 0.914 bits per heavy atom. The number of aryl methyl sites for hydroxylation is 1. The fourth-order valence-electron chi connectivity index (χ4n) is 4.88. The molecule has 2 aromatic heterocycles. The molecule has 0 radical (unpaired) electrons. The molecule has 5 rings (SSSR count). The van der Waals surface area contributed by atoms with E-state index in [2.05, 4.69) is 51.4 Å². The Hall–Kier alpha value is -2.15. The van der Waals surface area contributed by atoms with Crippen LogP contribution in [0.15, 0.2) is 71.4 Å². The zero-order valence-electron chi connectivity index (χ0n) is 19.6. The molecule has 0 unspecified atom stereocenters. The molecule has 0 atom stereocenters. The first-order chi connectivity index (χ1) is 15.8. The fraction of sp³-hybridized carbons (Fsp3) is 0.333. The Bertz CT molecular complexity index is 1160. The number of nitrogens with zero attached hydrogens (tertiary/aromatic N) is 3. The molecule has 1 saturated heterocycles. The molecular formula is C27H33Cl3N4O. The maximum Gasteiger partial charge on any atom is 0.172 e. The second kappa shape index (κ2) is 13.8. The molecule has 4 aromatic rings. The van der Waals surface area contributed by atoms with Gasteiger partial charge in [-0.2, -0.15) is 0 Å². The van der Waals surface area contributed by atoms with Crippen molar-refractivity contribution in [1.82, 2.24) is 15.0 Å². The number of hydrogen-bond donors (Lipinski definition) is 1. The maximum absolute atomic E-state index is 6.13. The lowest BCUT2D eigenvalue weighted by molar-refractivity contribution is 0.170. The van der Waals surface area contributed by atoms with Gasteiger partial charge in [-0.1, -0.05) is 47.6 Å². The summed E-state index contributed by atoms with van der Waals surface area (Å²) in [5.74, 6) is 0.735. The molecule has 0 amide bonds. The van der Waals surface area contributed by atoms with Gasteiger partial charge in [0.25, 0.3) is 0 Å². The van der Waals surface area contributed by atoms with Gasteiger partial charge in [0.15, 0.2) is 5.58 Å². The average molecular weight is 536 g/mol. The highest BCUT2D eigenvalue weighted by Gasteiger charge is 2.21. The van der Waals surface area contributed by atoms with Gasteiger partial charge in [-0.3, -0.25) is 9.88 Å². The molecule has 188 valence electrons. The lowest BCUT2D eigenvalue weighted by atomic mass is 9.90. The van der Waals surface area contributed by atoms with Crippen LogP contribution in [-0.2, 0) is 19.5 Å². The van der Waals surface area contributed by atoms with E-state index >= 15 is 0 Å². The van der Waals surface area contributed by atoms with Gasteiger partial charge in [0, 0.05) is 30.2 Å². The van der Waals surface area contributed by atoms with Gasteiger partial charge >= 0.3 is 0 Å². The molecule has 8 heteroatoms. The Labute approximate surface area is 225 Å². The van der Waals surface area contributed by atoms with Crippen molar-refractivity contribution in [3.8, 4) is 11.1 Å². The van der Waals surface area contributed by atoms with Crippen LogP contribution in [0.3, 0.4) is 0 Å². The summed E-state index contributed by atoms with van der Waals surface area (Å²) in [6.07, 6.45) is 6.44. The van der Waals surface area contributed by atoms with Gasteiger partial charge in [0.2, 0.25) is 0 Å². The van der Waals surface area contributed by atoms with Gasteiger partial charge in [0.1, 0.15) is 0 Å². The monoisotopic (exact) mass is 534 g/mol. The third kappa shape index (κ3) is 6.75. The first kappa shape index (κ1) is 29.1. The van der Waals surface area contributed by atoms with E-state index in [1.165, 1.54) is 12.8 Å². The third-order valence-electron chi connectivity index (χ3n) is 6.72. The smallest absolute Gasteiger partial charge is 0.172 e. The van der Waals surface area contributed by atoms with Crippen LogP contribution in [0.2, 0.25) is 0 Å². The van der Waals surface area contributed by atoms with Crippen LogP contribution in [0.5, 0.6) is 0 Å². The minimum Gasteiger partial charge on any atom is -0.356 e. The Kier molecular flexibility index (Phi) is 11.5. The Balaban J connectivity index is 0.00000144. The Morgan fingerprint density at radius 3 is 2.34 bits per heavy atom. The van der Waals surface area contributed by atoms with Gasteiger partial charge < -0.3 is 10.3 Å². The van der Waals surface area contributed by atoms with E-state index in [-0.39, 0.29) is 37.2 Å². The summed E-state index contributed by atoms with van der Waals surface area (Å²) in [4.78, 5) is 6.98. The number of fused-ring (bicyclic) bond motifs is 1. The van der Waals surface area contributed by atoms with E-state index in [1.807, 2.05) is 30.5 Å². The summed E-state index contributed by atoms with van der Waals surface area (Å²) in [6.45, 7) is 3.66. The number of pyridine rings is 1. The summed E-state index contributed by atoms with van der Waals surface area (Å²) < 4.78 is 5.81. The van der Waals surface area contributed by atoms with Crippen molar-refractivity contribution in [2.75, 3.05) is 13.1 Å². The topological polar surface area (TPSA) is 68.2 Å². The second-order valence-corrected chi connectivity index (χ2v) is 8.75. The lowest BCUT2D eigenvalue weighted by Gasteiger charge is -2.31. The maximum atomic E-state index is 6.13. The minimum atomic E-state index is 0. The number of piperidine rings is 1. The molecule has 1 aliphatic heterocycles. The van der Waals surface area contributed by atoms with E-state index in [0.29, 0.717) is 6.54 Å². The molecule has 0 bridgehead atoms. The molecule has 2 aromatic carbocycles. The third-order valence-corrected chi connectivity index (χ3v) is 6.72. The molecule has 35 heavy (non-hydrogen) atoms. The van der Waals surface area contributed by atoms with Gasteiger partial charge in [-0.25, -0.2) is 0 Å². The molecule has 3 heterocycles. The standard InChI is InChI=1S/C27H30N4O.3ClH/c28-18-25-23(21-6-2-1-3-7-21)10-11-24-26(30-32-27(24)25)12-9-20-13-16-31(17-14-20)19-22-8-4-5-15-29-22;;;/h1-8,10-11,15,20H,9,12-14,16-19,28H2;3*1H. The number of hydrogen-bond acceptors (Lipinski definition) is 5. The van der Waals surface area contributed by atoms with Gasteiger partial charge in [0.05, 0.1) is 11.4 Å². The highest BCUT2D eigenvalue weighted by Crippen LogP contribution is 2.33. The number of likely N-dealkylation sites (tertiary alicyclic amines) is 1. The summed E-state index contributed by atoms with van der Waals surface area (Å²) >= 11 is 0. The number of aromatic nitrogens is 2. The highest BCUT2D eigenvalue weighted by molar-refractivity contribution is 5.89. The normalized spacial score (nSPS) is 14.1. The number of halogens is 3. The van der Waals surface area contributed by atoms with Crippen molar-refractivity contribution in [3.63, 3.8) is 0 Å². The van der Waals surface area contributed by atoms with Crippen LogP contribution in [0.4, 0.5) is 0 Å². The van der Waals surface area contributed by atoms with Crippen molar-refractivity contribution in [2.24, 2.45) is 11.7 Å². The van der Waals surface area contributed by atoms with Crippen molar-refractivity contribution in [1.29, 1.82) is 0 Å². The number of benzene rings is 2. The SMILES string of the molecule is Cl.Cl.Cl.NCc1c(-c2ccccc2)ccc2c(CCC3CCN(Cc4ccccn4)CC3)noc12. The molecule has 0 saturated carbocycles. The van der Waals surface area contributed by atoms with Crippen LogP contribution in [0, 0.1) is 5.92 Å². The first-order valence-corrected chi connectivity index (χ1v) is 11.6. The summed E-state index contributed by atoms with van der Waals surface area (Å²) in [5, 5.41) is 5.55. The van der Waals surface area contributed by atoms with E-state index in [9.17, 15) is 0 Å². The largest absolute Gasteiger partial charge is 0.356 e. The predicted molar refractivity (Wildman–Crippen MR) is 150 cm³/mol. The van der Waals surface area contributed by atoms with Crippen molar-refractivity contribution < 1.29 is 4.52 Å². The lowest BCUT2D eigenvalue weighted by Crippen LogP contribution is -2.33. The van der Waals surface area contributed by atoms with Crippen molar-refractivity contribution in [2.45, 2.75) is 38.8 Å². The quantitative estimate of drug-likeness (QED) is 0.294. The van der Waals surface area contributed by atoms with Crippen LogP contribution < -0.4 is 5.73 Å². The van der Waals surface area contributed by atoms with E-state index in [0.717, 1.165) is 77.4 Å². The second-order valence-electron chi connectivity index (χ2n) is 8.75. The molecule has 2 N–H and O–H groups in total. The number of nitrogens with two attached hydrogens (primary N) is 1. The van der Waals surface area contributed by atoms with Gasteiger partial charge in [-0.15, -0.1) is 37.2 Å². The molecule has 0 aliphatic carbocycles. The van der Waals surface area contributed by atoms with Crippen LogP contribution in [0.1, 0.15) is 36.2 Å². The molecule has 1 fully saturated rings. The zero-order valence-corrected chi connectivity index (χ0v) is 22.1. The number of rotatable bonds is 7. The highest BCUT2D eigenvalue weighted by atomic mass is 35.5. The molecule has 5 nitrogen and oxygen atoms in total. The van der Waals surface area contributed by atoms with Crippen LogP contribution in [0.25, 0.3) is 22.1 Å². The van der Waals surface area contributed by atoms with E-state index < -0.39 is 0 Å².